The Balaban J connectivity index is 1.38. The first kappa shape index (κ1) is 21.9. The first-order valence-electron chi connectivity index (χ1n) is 11.3. The number of phenolic OH excluding ortho intramolecular Hbond substituents is 1. The average Bonchev–Trinajstić information content (AvgIpc) is 3.02. The third-order valence-corrected chi connectivity index (χ3v) is 8.57. The summed E-state index contributed by atoms with van der Waals surface area (Å²) in [4.78, 5) is 37.2. The molecule has 176 valence electrons. The summed E-state index contributed by atoms with van der Waals surface area (Å²) in [6.45, 7) is 6.32. The molecule has 1 aromatic rings. The van der Waals surface area contributed by atoms with Crippen LogP contribution in [0, 0.1) is 22.2 Å². The van der Waals surface area contributed by atoms with Gasteiger partial charge in [-0.1, -0.05) is 19.9 Å². The van der Waals surface area contributed by atoms with Crippen LogP contribution >= 0.6 is 0 Å². The second kappa shape index (κ2) is 6.59. The molecule has 2 heterocycles. The Labute approximate surface area is 191 Å². The number of benzene rings is 1. The van der Waals surface area contributed by atoms with Crippen LogP contribution in [0.5, 0.6) is 11.5 Å². The van der Waals surface area contributed by atoms with Crippen molar-refractivity contribution >= 4 is 23.3 Å². The molecule has 33 heavy (non-hydrogen) atoms. The molecule has 6 atom stereocenters. The number of allylic oxidation sites excluding steroid dienone is 2. The second-order valence-corrected chi connectivity index (χ2v) is 11.2. The van der Waals surface area contributed by atoms with Crippen molar-refractivity contribution in [1.29, 1.82) is 0 Å². The van der Waals surface area contributed by atoms with Crippen LogP contribution in [0.1, 0.15) is 63.2 Å². The van der Waals surface area contributed by atoms with Crippen LogP contribution in [-0.4, -0.2) is 44.7 Å². The minimum Gasteiger partial charge on any atom is -0.506 e. The highest BCUT2D eigenvalue weighted by molar-refractivity contribution is 6.00. The number of carboxylic acids is 1. The number of aromatic hydroxyl groups is 2. The normalized spacial score (nSPS) is 40.2. The average molecular weight is 456 g/mol. The molecule has 1 aromatic carbocycles. The van der Waals surface area contributed by atoms with Crippen molar-refractivity contribution in [2.45, 2.75) is 64.6 Å². The molecule has 2 aliphatic heterocycles. The number of nitrogens with one attached hydrogen (secondary N) is 1. The minimum atomic E-state index is -1.38. The molecular formula is C25H29NO7. The first-order valence-corrected chi connectivity index (χ1v) is 11.3. The number of ether oxygens (including phenoxy) is 1. The van der Waals surface area contributed by atoms with E-state index in [-0.39, 0.29) is 52.8 Å². The Hall–Kier alpha value is -2.87. The summed E-state index contributed by atoms with van der Waals surface area (Å²) in [6, 6.07) is 2.16. The highest BCUT2D eigenvalue weighted by atomic mass is 16.5. The van der Waals surface area contributed by atoms with E-state index in [1.54, 1.807) is 6.08 Å². The van der Waals surface area contributed by atoms with E-state index in [0.717, 1.165) is 31.4 Å². The quantitative estimate of drug-likeness (QED) is 0.498. The van der Waals surface area contributed by atoms with E-state index < -0.39 is 34.4 Å². The molecule has 3 aliphatic carbocycles. The number of ketones is 1. The van der Waals surface area contributed by atoms with Crippen LogP contribution in [0.3, 0.4) is 0 Å². The van der Waals surface area contributed by atoms with Gasteiger partial charge in [-0.2, -0.15) is 0 Å². The Bertz CT molecular complexity index is 1120. The van der Waals surface area contributed by atoms with Gasteiger partial charge in [-0.15, -0.1) is 0 Å². The van der Waals surface area contributed by atoms with Crippen LogP contribution in [0.4, 0.5) is 5.69 Å². The van der Waals surface area contributed by atoms with Crippen LogP contribution in [0.2, 0.25) is 0 Å². The molecular weight excluding hydrogens is 426 g/mol. The number of phenols is 2. The molecule has 8 nitrogen and oxygen atoms in total. The minimum absolute atomic E-state index is 0.00496. The lowest BCUT2D eigenvalue weighted by Gasteiger charge is -2.54. The van der Waals surface area contributed by atoms with Crippen molar-refractivity contribution in [2.24, 2.45) is 22.2 Å². The van der Waals surface area contributed by atoms with Crippen LogP contribution in [-0.2, 0) is 14.3 Å². The fourth-order valence-corrected chi connectivity index (χ4v) is 7.72. The summed E-state index contributed by atoms with van der Waals surface area (Å²) < 4.78 is 6.51. The maximum absolute atomic E-state index is 13.2. The molecule has 2 saturated heterocycles. The van der Waals surface area contributed by atoms with Crippen LogP contribution in [0.15, 0.2) is 24.3 Å². The summed E-state index contributed by atoms with van der Waals surface area (Å²) in [6.07, 6.45) is 6.79. The van der Waals surface area contributed by atoms with Gasteiger partial charge < -0.3 is 25.4 Å². The van der Waals surface area contributed by atoms with E-state index in [1.807, 2.05) is 6.92 Å². The predicted molar refractivity (Wildman–Crippen MR) is 118 cm³/mol. The van der Waals surface area contributed by atoms with E-state index in [2.05, 4.69) is 25.2 Å². The summed E-state index contributed by atoms with van der Waals surface area (Å²) >= 11 is 0. The highest BCUT2D eigenvalue weighted by Crippen LogP contribution is 2.75. The molecule has 1 amide bonds. The zero-order chi connectivity index (χ0) is 24.0. The smallest absolute Gasteiger partial charge is 0.339 e. The van der Waals surface area contributed by atoms with Crippen molar-refractivity contribution in [3.63, 3.8) is 0 Å². The second-order valence-electron chi connectivity index (χ2n) is 11.2. The molecule has 0 radical (unpaired) electrons. The topological polar surface area (TPSA) is 133 Å². The van der Waals surface area contributed by atoms with Crippen molar-refractivity contribution in [3.05, 3.63) is 29.8 Å². The number of hydrogen-bond acceptors (Lipinski definition) is 6. The van der Waals surface area contributed by atoms with Gasteiger partial charge >= 0.3 is 5.97 Å². The molecule has 5 aliphatic rings. The van der Waals surface area contributed by atoms with Gasteiger partial charge in [-0.05, 0) is 61.6 Å². The lowest BCUT2D eigenvalue weighted by atomic mass is 9.53. The van der Waals surface area contributed by atoms with E-state index in [1.165, 1.54) is 0 Å². The highest BCUT2D eigenvalue weighted by Gasteiger charge is 2.75. The third-order valence-electron chi connectivity index (χ3n) is 8.57. The largest absolute Gasteiger partial charge is 0.506 e. The molecule has 2 saturated carbocycles. The molecule has 4 N–H and O–H groups in total. The van der Waals surface area contributed by atoms with Gasteiger partial charge in [0.2, 0.25) is 5.91 Å². The summed E-state index contributed by atoms with van der Waals surface area (Å²) in [5, 5.41) is 31.8. The molecule has 8 heteroatoms. The predicted octanol–water partition coefficient (Wildman–Crippen LogP) is 3.62. The lowest BCUT2D eigenvalue weighted by Crippen LogP contribution is -2.55. The SMILES string of the molecule is CC12CC3(C)CC4(C=CC(=O)C(C)(CCC(=O)Nc5c(O)ccc(C(=O)O)c5O)C4C3O1)C2. The number of anilines is 1. The van der Waals surface area contributed by atoms with Gasteiger partial charge in [0.1, 0.15) is 17.0 Å². The maximum Gasteiger partial charge on any atom is 0.339 e. The first-order chi connectivity index (χ1) is 15.3. The van der Waals surface area contributed by atoms with E-state index in [4.69, 9.17) is 4.74 Å². The Morgan fingerprint density at radius 2 is 1.88 bits per heavy atom. The van der Waals surface area contributed by atoms with Gasteiger partial charge in [0.25, 0.3) is 0 Å². The monoisotopic (exact) mass is 455 g/mol. The Morgan fingerprint density at radius 1 is 1.15 bits per heavy atom. The molecule has 4 fully saturated rings. The lowest BCUT2D eigenvalue weighted by molar-refractivity contribution is -0.170. The number of amides is 1. The molecule has 6 unspecified atom stereocenters. The maximum atomic E-state index is 13.2. The fourth-order valence-electron chi connectivity index (χ4n) is 7.72. The number of carbonyl (C=O) groups excluding carboxylic acids is 2. The van der Waals surface area contributed by atoms with Crippen LogP contribution < -0.4 is 5.32 Å². The van der Waals surface area contributed by atoms with Crippen molar-refractivity contribution in [1.82, 2.24) is 0 Å². The summed E-state index contributed by atoms with van der Waals surface area (Å²) in [5.41, 5.74) is -1.85. The van der Waals surface area contributed by atoms with E-state index in [0.29, 0.717) is 0 Å². The van der Waals surface area contributed by atoms with E-state index >= 15 is 0 Å². The zero-order valence-corrected chi connectivity index (χ0v) is 19.0. The Morgan fingerprint density at radius 3 is 2.58 bits per heavy atom. The zero-order valence-electron chi connectivity index (χ0n) is 19.0. The summed E-state index contributed by atoms with van der Waals surface area (Å²) in [5.74, 6) is -3.09. The molecule has 0 aromatic heterocycles. The van der Waals surface area contributed by atoms with Crippen LogP contribution in [0.25, 0.3) is 0 Å². The standard InChI is InChI=1S/C25H29NO7/c1-22-10-23(2)12-25(11-22)9-6-15(28)24(3,19(25)20(22)33-23)8-7-16(29)26-17-14(27)5-4-13(18(17)30)21(31)32/h4-6,9,19-20,27,30H,7-8,10-12H2,1-3H3,(H,26,29)(H,31,32). The number of hydrogen-bond donors (Lipinski definition) is 4. The molecule has 1 spiro atoms. The number of carboxylic acid groups (broad SMARTS) is 1. The number of carbonyl (C=O) groups is 3. The Kier molecular flexibility index (Phi) is 4.38. The van der Waals surface area contributed by atoms with Gasteiger partial charge in [0, 0.05) is 17.8 Å². The van der Waals surface area contributed by atoms with Crippen molar-refractivity contribution < 1.29 is 34.4 Å². The third kappa shape index (κ3) is 2.96. The fraction of sp³-hybridized carbons (Fsp3) is 0.560. The van der Waals surface area contributed by atoms with Crippen molar-refractivity contribution in [3.8, 4) is 11.5 Å². The van der Waals surface area contributed by atoms with Gasteiger partial charge in [-0.3, -0.25) is 9.59 Å². The molecule has 4 bridgehead atoms. The van der Waals surface area contributed by atoms with E-state index in [9.17, 15) is 29.7 Å². The number of aromatic carboxylic acids is 1. The van der Waals surface area contributed by atoms with Crippen molar-refractivity contribution in [2.75, 3.05) is 5.32 Å². The number of rotatable bonds is 5. The van der Waals surface area contributed by atoms with Gasteiger partial charge in [0.15, 0.2) is 11.5 Å². The van der Waals surface area contributed by atoms with Gasteiger partial charge in [0.05, 0.1) is 11.7 Å². The molecule has 6 rings (SSSR count). The summed E-state index contributed by atoms with van der Waals surface area (Å²) in [7, 11) is 0. The van der Waals surface area contributed by atoms with Gasteiger partial charge in [-0.25, -0.2) is 4.79 Å².